The SMILES string of the molecule is O=C1C=C2c3c(O)cc(OCCCCc4ccccc4)cc3[C@@H]3CCCC[C@H]3[C@@H]2CC1. The summed E-state index contributed by atoms with van der Waals surface area (Å²) >= 11 is 0. The van der Waals surface area contributed by atoms with Gasteiger partial charge in [-0.1, -0.05) is 43.2 Å². The molecule has 162 valence electrons. The second-order valence-electron chi connectivity index (χ2n) is 9.46. The zero-order chi connectivity index (χ0) is 21.2. The van der Waals surface area contributed by atoms with Crippen LogP contribution in [0.3, 0.4) is 0 Å². The van der Waals surface area contributed by atoms with Crippen LogP contribution in [0.15, 0.2) is 48.5 Å². The lowest BCUT2D eigenvalue weighted by Gasteiger charge is -2.45. The number of hydrogen-bond acceptors (Lipinski definition) is 3. The monoisotopic (exact) mass is 416 g/mol. The number of fused-ring (bicyclic) bond motifs is 6. The van der Waals surface area contributed by atoms with Gasteiger partial charge in [0.05, 0.1) is 6.61 Å². The Hall–Kier alpha value is -2.55. The molecule has 31 heavy (non-hydrogen) atoms. The van der Waals surface area contributed by atoms with E-state index in [1.165, 1.54) is 36.8 Å². The number of ether oxygens (including phenoxy) is 1. The Morgan fingerprint density at radius 3 is 2.68 bits per heavy atom. The van der Waals surface area contributed by atoms with Crippen molar-refractivity contribution < 1.29 is 14.6 Å². The van der Waals surface area contributed by atoms with Gasteiger partial charge in [0.1, 0.15) is 11.5 Å². The molecule has 0 bridgehead atoms. The molecule has 0 aromatic heterocycles. The van der Waals surface area contributed by atoms with E-state index in [-0.39, 0.29) is 11.5 Å². The van der Waals surface area contributed by atoms with Crippen LogP contribution in [0.25, 0.3) is 5.57 Å². The van der Waals surface area contributed by atoms with E-state index in [9.17, 15) is 9.90 Å². The molecule has 0 unspecified atom stereocenters. The predicted molar refractivity (Wildman–Crippen MR) is 123 cm³/mol. The number of ketones is 1. The maximum atomic E-state index is 12.2. The van der Waals surface area contributed by atoms with Gasteiger partial charge in [0.15, 0.2) is 5.78 Å². The van der Waals surface area contributed by atoms with Crippen molar-refractivity contribution in [3.63, 3.8) is 0 Å². The lowest BCUT2D eigenvalue weighted by molar-refractivity contribution is -0.115. The highest BCUT2D eigenvalue weighted by molar-refractivity contribution is 6.00. The van der Waals surface area contributed by atoms with E-state index in [4.69, 9.17) is 4.74 Å². The number of hydrogen-bond donors (Lipinski definition) is 1. The second-order valence-corrected chi connectivity index (χ2v) is 9.46. The smallest absolute Gasteiger partial charge is 0.156 e. The first-order valence-corrected chi connectivity index (χ1v) is 12.0. The van der Waals surface area contributed by atoms with Crippen molar-refractivity contribution in [3.05, 3.63) is 65.2 Å². The topological polar surface area (TPSA) is 46.5 Å². The van der Waals surface area contributed by atoms with Crippen molar-refractivity contribution in [3.8, 4) is 11.5 Å². The van der Waals surface area contributed by atoms with Gasteiger partial charge in [-0.2, -0.15) is 0 Å². The molecule has 3 aliphatic rings. The second kappa shape index (κ2) is 8.90. The average Bonchev–Trinajstić information content (AvgIpc) is 2.79. The first-order chi connectivity index (χ1) is 15.2. The van der Waals surface area contributed by atoms with E-state index in [1.54, 1.807) is 6.07 Å². The normalized spacial score (nSPS) is 24.6. The Labute approximate surface area is 185 Å². The highest BCUT2D eigenvalue weighted by Gasteiger charge is 2.43. The molecule has 0 radical (unpaired) electrons. The van der Waals surface area contributed by atoms with Crippen molar-refractivity contribution in [2.24, 2.45) is 11.8 Å². The Bertz CT molecular complexity index is 975. The molecule has 1 N–H and O–H groups in total. The first-order valence-electron chi connectivity index (χ1n) is 12.0. The molecule has 2 aromatic carbocycles. The Kier molecular flexibility index (Phi) is 5.85. The zero-order valence-corrected chi connectivity index (χ0v) is 18.2. The summed E-state index contributed by atoms with van der Waals surface area (Å²) in [6.45, 7) is 0.656. The fraction of sp³-hybridized carbons (Fsp3) is 0.464. The number of aryl methyl sites for hydroxylation is 1. The Balaban J connectivity index is 1.33. The number of rotatable bonds is 6. The van der Waals surface area contributed by atoms with Crippen molar-refractivity contribution in [2.45, 2.75) is 63.7 Å². The number of benzene rings is 2. The average molecular weight is 417 g/mol. The summed E-state index contributed by atoms with van der Waals surface area (Å²) in [6.07, 6.45) is 11.5. The minimum absolute atomic E-state index is 0.199. The van der Waals surface area contributed by atoms with Gasteiger partial charge in [0.2, 0.25) is 0 Å². The van der Waals surface area contributed by atoms with Gasteiger partial charge in [-0.05, 0) is 85.1 Å². The fourth-order valence-electron chi connectivity index (χ4n) is 6.11. The molecule has 0 aliphatic heterocycles. The molecular formula is C28H32O3. The van der Waals surface area contributed by atoms with Crippen LogP contribution in [0.4, 0.5) is 0 Å². The van der Waals surface area contributed by atoms with E-state index in [1.807, 2.05) is 12.1 Å². The molecule has 3 atom stereocenters. The minimum atomic E-state index is 0.199. The van der Waals surface area contributed by atoms with E-state index in [2.05, 4.69) is 30.3 Å². The Morgan fingerprint density at radius 2 is 1.81 bits per heavy atom. The molecule has 3 heteroatoms. The molecular weight excluding hydrogens is 384 g/mol. The molecule has 0 spiro atoms. The molecule has 1 saturated carbocycles. The molecule has 3 nitrogen and oxygen atoms in total. The third-order valence-corrected chi connectivity index (χ3v) is 7.53. The van der Waals surface area contributed by atoms with Gasteiger partial charge in [0.25, 0.3) is 0 Å². The van der Waals surface area contributed by atoms with Gasteiger partial charge in [0, 0.05) is 18.1 Å². The van der Waals surface area contributed by atoms with Crippen LogP contribution in [-0.2, 0) is 11.2 Å². The predicted octanol–water partition coefficient (Wildman–Crippen LogP) is 6.44. The van der Waals surface area contributed by atoms with Crippen LogP contribution in [0.2, 0.25) is 0 Å². The third kappa shape index (κ3) is 4.15. The summed E-state index contributed by atoms with van der Waals surface area (Å²) in [7, 11) is 0. The summed E-state index contributed by atoms with van der Waals surface area (Å²) in [5.74, 6) is 2.75. The van der Waals surface area contributed by atoms with Crippen LogP contribution < -0.4 is 4.74 Å². The van der Waals surface area contributed by atoms with Crippen LogP contribution in [0, 0.1) is 11.8 Å². The molecule has 3 aliphatic carbocycles. The summed E-state index contributed by atoms with van der Waals surface area (Å²) in [5, 5.41) is 11.0. The zero-order valence-electron chi connectivity index (χ0n) is 18.2. The van der Waals surface area contributed by atoms with Crippen LogP contribution in [0.1, 0.15) is 74.0 Å². The molecule has 0 heterocycles. The van der Waals surface area contributed by atoms with Crippen molar-refractivity contribution in [1.82, 2.24) is 0 Å². The van der Waals surface area contributed by atoms with E-state index in [0.717, 1.165) is 42.6 Å². The molecule has 5 rings (SSSR count). The highest BCUT2D eigenvalue weighted by Crippen LogP contribution is 2.57. The van der Waals surface area contributed by atoms with Crippen molar-refractivity contribution in [2.75, 3.05) is 6.61 Å². The molecule has 0 saturated heterocycles. The molecule has 2 aromatic rings. The van der Waals surface area contributed by atoms with Crippen molar-refractivity contribution >= 4 is 11.4 Å². The number of aromatic hydroxyl groups is 1. The van der Waals surface area contributed by atoms with Crippen LogP contribution in [-0.4, -0.2) is 17.5 Å². The number of phenolic OH excluding ortho intramolecular Hbond substituents is 1. The largest absolute Gasteiger partial charge is 0.507 e. The quantitative estimate of drug-likeness (QED) is 0.551. The standard InChI is InChI=1S/C28H32O3/c29-20-13-14-24-22-11-4-5-12-23(22)26-17-21(18-27(30)28(26)25(24)16-20)31-15-7-6-10-19-8-2-1-3-9-19/h1-3,8-9,16-18,22-24,30H,4-7,10-15H2/t22-,23-,24+/m1/s1. The fourth-order valence-corrected chi connectivity index (χ4v) is 6.11. The lowest BCUT2D eigenvalue weighted by atomic mass is 9.59. The van der Waals surface area contributed by atoms with E-state index < -0.39 is 0 Å². The van der Waals surface area contributed by atoms with Gasteiger partial charge in [-0.15, -0.1) is 0 Å². The number of carbonyl (C=O) groups is 1. The first kappa shape index (κ1) is 20.4. The number of phenols is 1. The van der Waals surface area contributed by atoms with E-state index in [0.29, 0.717) is 30.8 Å². The summed E-state index contributed by atoms with van der Waals surface area (Å²) < 4.78 is 6.08. The Morgan fingerprint density at radius 1 is 0.968 bits per heavy atom. The molecule has 0 amide bonds. The van der Waals surface area contributed by atoms with Gasteiger partial charge in [-0.25, -0.2) is 0 Å². The van der Waals surface area contributed by atoms with Crippen LogP contribution >= 0.6 is 0 Å². The third-order valence-electron chi connectivity index (χ3n) is 7.53. The number of allylic oxidation sites excluding steroid dienone is 2. The summed E-state index contributed by atoms with van der Waals surface area (Å²) in [4.78, 5) is 12.2. The maximum Gasteiger partial charge on any atom is 0.156 e. The van der Waals surface area contributed by atoms with Gasteiger partial charge in [-0.3, -0.25) is 4.79 Å². The lowest BCUT2D eigenvalue weighted by Crippen LogP contribution is -2.33. The van der Waals surface area contributed by atoms with Crippen molar-refractivity contribution in [1.29, 1.82) is 0 Å². The van der Waals surface area contributed by atoms with Gasteiger partial charge >= 0.3 is 0 Å². The number of unbranched alkanes of at least 4 members (excludes halogenated alkanes) is 1. The minimum Gasteiger partial charge on any atom is -0.507 e. The summed E-state index contributed by atoms with van der Waals surface area (Å²) in [5.41, 5.74) is 4.59. The summed E-state index contributed by atoms with van der Waals surface area (Å²) in [6, 6.07) is 14.5. The molecule has 1 fully saturated rings. The van der Waals surface area contributed by atoms with Crippen LogP contribution in [0.5, 0.6) is 11.5 Å². The van der Waals surface area contributed by atoms with E-state index >= 15 is 0 Å². The van der Waals surface area contributed by atoms with Gasteiger partial charge < -0.3 is 9.84 Å². The number of carbonyl (C=O) groups excluding carboxylic acids is 1. The highest BCUT2D eigenvalue weighted by atomic mass is 16.5. The maximum absolute atomic E-state index is 12.2.